The van der Waals surface area contributed by atoms with Gasteiger partial charge in [0, 0.05) is 5.02 Å². The summed E-state index contributed by atoms with van der Waals surface area (Å²) >= 11 is 5.93. The maximum Gasteiger partial charge on any atom is 0.387 e. The van der Waals surface area contributed by atoms with Crippen LogP contribution in [0.2, 0.25) is 5.02 Å². The van der Waals surface area contributed by atoms with Crippen LogP contribution in [-0.2, 0) is 4.79 Å². The molecule has 3 rings (SSSR count). The number of amides is 1. The van der Waals surface area contributed by atoms with Gasteiger partial charge in [0.2, 0.25) is 6.10 Å². The average Bonchev–Trinajstić information content (AvgIpc) is 2.98. The van der Waals surface area contributed by atoms with Crippen LogP contribution in [-0.4, -0.2) is 33.8 Å². The number of aromatic nitrogens is 3. The molecular weight excluding hydrogens is 370 g/mol. The first-order chi connectivity index (χ1) is 12.4. The highest BCUT2D eigenvalue weighted by atomic mass is 35.5. The Morgan fingerprint density at radius 3 is 2.81 bits per heavy atom. The van der Waals surface area contributed by atoms with Crippen molar-refractivity contribution < 1.29 is 23.1 Å². The van der Waals surface area contributed by atoms with Crippen molar-refractivity contribution in [3.05, 3.63) is 47.5 Å². The number of nitrogens with one attached hydrogen (secondary N) is 1. The van der Waals surface area contributed by atoms with Crippen LogP contribution in [0.25, 0.3) is 11.0 Å². The lowest BCUT2D eigenvalue weighted by Gasteiger charge is -2.15. The molecule has 0 aliphatic heterocycles. The van der Waals surface area contributed by atoms with Crippen LogP contribution in [0.1, 0.15) is 6.92 Å². The fraction of sp³-hybridized carbons (Fsp3) is 0.188. The van der Waals surface area contributed by atoms with Crippen LogP contribution in [0.4, 0.5) is 14.5 Å². The lowest BCUT2D eigenvalue weighted by molar-refractivity contribution is -0.127. The normalized spacial score (nSPS) is 12.2. The molecule has 0 saturated heterocycles. The first-order valence-electron chi connectivity index (χ1n) is 7.47. The van der Waals surface area contributed by atoms with Gasteiger partial charge in [-0.2, -0.15) is 8.78 Å². The minimum Gasteiger partial charge on any atom is -0.433 e. The van der Waals surface area contributed by atoms with E-state index in [4.69, 9.17) is 16.4 Å². The summed E-state index contributed by atoms with van der Waals surface area (Å²) in [5.41, 5.74) is 1.12. The average molecular weight is 383 g/mol. The van der Waals surface area contributed by atoms with Gasteiger partial charge in [0.05, 0.1) is 5.69 Å². The number of nitrogens with zero attached hydrogens (tertiary/aromatic N) is 3. The fourth-order valence-electron chi connectivity index (χ4n) is 2.15. The molecule has 10 heteroatoms. The number of ether oxygens (including phenoxy) is 1. The molecule has 0 bridgehead atoms. The van der Waals surface area contributed by atoms with E-state index in [1.54, 1.807) is 24.3 Å². The number of anilines is 1. The molecule has 0 radical (unpaired) electrons. The SMILES string of the molecule is CC(On1nnc2ccc(Cl)cc21)C(=O)Nc1ccccc1OC(F)F. The molecule has 7 nitrogen and oxygen atoms in total. The highest BCUT2D eigenvalue weighted by Gasteiger charge is 2.19. The van der Waals surface area contributed by atoms with Gasteiger partial charge < -0.3 is 14.9 Å². The second-order valence-corrected chi connectivity index (χ2v) is 5.64. The van der Waals surface area contributed by atoms with Gasteiger partial charge in [0.15, 0.2) is 0 Å². The van der Waals surface area contributed by atoms with E-state index in [2.05, 4.69) is 20.4 Å². The van der Waals surface area contributed by atoms with Gasteiger partial charge in [0.1, 0.15) is 16.8 Å². The maximum atomic E-state index is 12.4. The third-order valence-electron chi connectivity index (χ3n) is 3.37. The Morgan fingerprint density at radius 2 is 2.04 bits per heavy atom. The number of carbonyl (C=O) groups excluding carboxylic acids is 1. The number of hydrogen-bond donors (Lipinski definition) is 1. The molecule has 3 aromatic rings. The predicted octanol–water partition coefficient (Wildman–Crippen LogP) is 3.14. The van der Waals surface area contributed by atoms with Gasteiger partial charge in [-0.3, -0.25) is 4.79 Å². The molecular formula is C16H13ClF2N4O3. The van der Waals surface area contributed by atoms with Gasteiger partial charge in [-0.15, -0.1) is 5.10 Å². The second-order valence-electron chi connectivity index (χ2n) is 5.21. The lowest BCUT2D eigenvalue weighted by Crippen LogP contribution is -2.35. The van der Waals surface area contributed by atoms with Crippen molar-refractivity contribution in [3.8, 4) is 5.75 Å². The molecule has 1 amide bonds. The molecule has 0 aliphatic rings. The number of halogens is 3. The minimum absolute atomic E-state index is 0.0970. The molecule has 0 aliphatic carbocycles. The van der Waals surface area contributed by atoms with Crippen LogP contribution in [0.3, 0.4) is 0 Å². The first kappa shape index (κ1) is 17.9. The Kier molecular flexibility index (Phi) is 5.17. The molecule has 1 unspecified atom stereocenters. The standard InChI is InChI=1S/C16H13ClF2N4O3/c1-9(26-23-13-8-10(17)6-7-11(13)21-22-23)15(24)20-12-4-2-3-5-14(12)25-16(18)19/h2-9,16H,1H3,(H,20,24). The summed E-state index contributed by atoms with van der Waals surface area (Å²) in [6.45, 7) is -1.53. The molecule has 0 spiro atoms. The van der Waals surface area contributed by atoms with Crippen LogP contribution >= 0.6 is 11.6 Å². The summed E-state index contributed by atoms with van der Waals surface area (Å²) in [5.74, 6) is -0.734. The van der Waals surface area contributed by atoms with Crippen molar-refractivity contribution in [2.75, 3.05) is 5.32 Å². The predicted molar refractivity (Wildman–Crippen MR) is 90.3 cm³/mol. The van der Waals surface area contributed by atoms with Gasteiger partial charge in [-0.25, -0.2) is 0 Å². The smallest absolute Gasteiger partial charge is 0.387 e. The maximum absolute atomic E-state index is 12.4. The summed E-state index contributed by atoms with van der Waals surface area (Å²) in [4.78, 5) is 18.9. The number of hydrogen-bond acceptors (Lipinski definition) is 5. The van der Waals surface area contributed by atoms with E-state index in [1.807, 2.05) is 0 Å². The third-order valence-corrected chi connectivity index (χ3v) is 3.60. The molecule has 2 aromatic carbocycles. The van der Waals surface area contributed by atoms with E-state index < -0.39 is 18.6 Å². The van der Waals surface area contributed by atoms with Gasteiger partial charge >= 0.3 is 6.61 Å². The Hall–Kier alpha value is -2.94. The Bertz CT molecular complexity index is 935. The lowest BCUT2D eigenvalue weighted by atomic mass is 10.2. The van der Waals surface area contributed by atoms with Crippen LogP contribution in [0.5, 0.6) is 5.75 Å². The Labute approximate surface area is 151 Å². The molecule has 0 saturated carbocycles. The van der Waals surface area contributed by atoms with Crippen molar-refractivity contribution in [1.82, 2.24) is 15.2 Å². The van der Waals surface area contributed by atoms with Crippen molar-refractivity contribution >= 4 is 34.2 Å². The summed E-state index contributed by atoms with van der Waals surface area (Å²) < 4.78 is 29.3. The van der Waals surface area contributed by atoms with Crippen molar-refractivity contribution in [1.29, 1.82) is 0 Å². The molecule has 26 heavy (non-hydrogen) atoms. The van der Waals surface area contributed by atoms with Crippen LogP contribution in [0, 0.1) is 0 Å². The molecule has 1 atom stereocenters. The summed E-state index contributed by atoms with van der Waals surface area (Å²) in [6, 6.07) is 10.7. The highest BCUT2D eigenvalue weighted by molar-refractivity contribution is 6.31. The Morgan fingerprint density at radius 1 is 1.27 bits per heavy atom. The monoisotopic (exact) mass is 382 g/mol. The number of carbonyl (C=O) groups is 1. The first-order valence-corrected chi connectivity index (χ1v) is 7.84. The number of fused-ring (bicyclic) bond motifs is 1. The Balaban J connectivity index is 1.73. The van der Waals surface area contributed by atoms with Crippen molar-refractivity contribution in [2.45, 2.75) is 19.6 Å². The highest BCUT2D eigenvalue weighted by Crippen LogP contribution is 2.25. The van der Waals surface area contributed by atoms with Crippen LogP contribution < -0.4 is 14.9 Å². The van der Waals surface area contributed by atoms with Gasteiger partial charge in [-0.1, -0.05) is 28.6 Å². The molecule has 1 aromatic heterocycles. The molecule has 1 heterocycles. The van der Waals surface area contributed by atoms with E-state index in [9.17, 15) is 13.6 Å². The quantitative estimate of drug-likeness (QED) is 0.708. The topological polar surface area (TPSA) is 78.3 Å². The summed E-state index contributed by atoms with van der Waals surface area (Å²) in [7, 11) is 0. The van der Waals surface area contributed by atoms with Crippen LogP contribution in [0.15, 0.2) is 42.5 Å². The zero-order valence-electron chi connectivity index (χ0n) is 13.4. The van der Waals surface area contributed by atoms with Gasteiger partial charge in [-0.05, 0) is 42.5 Å². The largest absolute Gasteiger partial charge is 0.433 e. The summed E-state index contributed by atoms with van der Waals surface area (Å²) in [6.07, 6.45) is -1.00. The molecule has 1 N–H and O–H groups in total. The second kappa shape index (κ2) is 7.52. The third kappa shape index (κ3) is 3.99. The fourth-order valence-corrected chi connectivity index (χ4v) is 2.32. The van der Waals surface area contributed by atoms with E-state index in [1.165, 1.54) is 25.1 Å². The number of para-hydroxylation sites is 2. The number of rotatable bonds is 6. The van der Waals surface area contributed by atoms with Crippen molar-refractivity contribution in [3.63, 3.8) is 0 Å². The molecule has 0 fully saturated rings. The minimum atomic E-state index is -3.01. The zero-order chi connectivity index (χ0) is 18.7. The number of alkyl halides is 2. The van der Waals surface area contributed by atoms with E-state index in [-0.39, 0.29) is 11.4 Å². The van der Waals surface area contributed by atoms with E-state index in [0.717, 1.165) is 4.85 Å². The molecule has 136 valence electrons. The van der Waals surface area contributed by atoms with Crippen molar-refractivity contribution in [2.24, 2.45) is 0 Å². The van der Waals surface area contributed by atoms with E-state index in [0.29, 0.717) is 16.1 Å². The summed E-state index contributed by atoms with van der Waals surface area (Å²) in [5, 5.41) is 10.6. The number of benzene rings is 2. The zero-order valence-corrected chi connectivity index (χ0v) is 14.2. The van der Waals surface area contributed by atoms with E-state index >= 15 is 0 Å². The van der Waals surface area contributed by atoms with Gasteiger partial charge in [0.25, 0.3) is 5.91 Å².